The molecular formula is C27H19N3O2. The Balaban J connectivity index is 1.58. The van der Waals surface area contributed by atoms with Crippen LogP contribution in [0, 0.1) is 0 Å². The summed E-state index contributed by atoms with van der Waals surface area (Å²) in [7, 11) is 0. The average Bonchev–Trinajstić information content (AvgIpc) is 3.50. The van der Waals surface area contributed by atoms with E-state index >= 15 is 0 Å². The van der Waals surface area contributed by atoms with Crippen molar-refractivity contribution in [1.29, 1.82) is 0 Å². The first kappa shape index (κ1) is 18.4. The summed E-state index contributed by atoms with van der Waals surface area (Å²) in [6.07, 6.45) is 3.65. The number of H-pyrrole nitrogens is 2. The Hall–Kier alpha value is -4.38. The van der Waals surface area contributed by atoms with Crippen LogP contribution in [0.15, 0.2) is 91.3 Å². The maximum atomic E-state index is 13.7. The lowest BCUT2D eigenvalue weighted by Crippen LogP contribution is -2.30. The summed E-state index contributed by atoms with van der Waals surface area (Å²) >= 11 is 0. The van der Waals surface area contributed by atoms with Crippen LogP contribution in [0.3, 0.4) is 0 Å². The molecule has 0 unspecified atom stereocenters. The van der Waals surface area contributed by atoms with Gasteiger partial charge in [-0.05, 0) is 17.7 Å². The van der Waals surface area contributed by atoms with Crippen molar-refractivity contribution in [3.8, 4) is 0 Å². The Kier molecular flexibility index (Phi) is 4.08. The molecule has 0 bridgehead atoms. The zero-order valence-electron chi connectivity index (χ0n) is 17.1. The minimum Gasteiger partial charge on any atom is -0.361 e. The van der Waals surface area contributed by atoms with Gasteiger partial charge in [0, 0.05) is 45.3 Å². The second-order valence-corrected chi connectivity index (χ2v) is 7.93. The molecule has 154 valence electrons. The maximum absolute atomic E-state index is 13.7. The number of para-hydroxylation sites is 2. The number of amides is 2. The van der Waals surface area contributed by atoms with Crippen molar-refractivity contribution < 1.29 is 9.59 Å². The number of benzene rings is 3. The summed E-state index contributed by atoms with van der Waals surface area (Å²) in [6.45, 7) is 0.232. The van der Waals surface area contributed by atoms with Gasteiger partial charge in [0.05, 0.1) is 17.7 Å². The van der Waals surface area contributed by atoms with Gasteiger partial charge in [-0.3, -0.25) is 14.5 Å². The highest BCUT2D eigenvalue weighted by atomic mass is 16.2. The highest BCUT2D eigenvalue weighted by Gasteiger charge is 2.41. The van der Waals surface area contributed by atoms with Crippen LogP contribution < -0.4 is 0 Å². The van der Waals surface area contributed by atoms with Crippen molar-refractivity contribution >= 4 is 44.8 Å². The molecule has 0 spiro atoms. The first-order valence-electron chi connectivity index (χ1n) is 10.5. The van der Waals surface area contributed by atoms with Crippen LogP contribution in [0.2, 0.25) is 0 Å². The predicted octanol–water partition coefficient (Wildman–Crippen LogP) is 5.13. The highest BCUT2D eigenvalue weighted by molar-refractivity contribution is 6.50. The molecule has 5 aromatic rings. The molecule has 0 radical (unpaired) electrons. The minimum absolute atomic E-state index is 0.232. The fourth-order valence-electron chi connectivity index (χ4n) is 4.54. The van der Waals surface area contributed by atoms with Crippen molar-refractivity contribution in [2.24, 2.45) is 0 Å². The number of nitrogens with one attached hydrogen (secondary N) is 2. The van der Waals surface area contributed by atoms with Crippen molar-refractivity contribution in [3.05, 3.63) is 108 Å². The number of rotatable bonds is 4. The minimum atomic E-state index is -0.274. The van der Waals surface area contributed by atoms with E-state index < -0.39 is 0 Å². The maximum Gasteiger partial charge on any atom is 0.262 e. The fourth-order valence-corrected chi connectivity index (χ4v) is 4.54. The van der Waals surface area contributed by atoms with E-state index in [2.05, 4.69) is 9.97 Å². The molecule has 0 fully saturated rings. The number of carbonyl (C=O) groups excluding carboxylic acids is 2. The van der Waals surface area contributed by atoms with Crippen LogP contribution in [-0.2, 0) is 16.1 Å². The van der Waals surface area contributed by atoms with Gasteiger partial charge in [-0.1, -0.05) is 66.7 Å². The normalized spacial score (nSPS) is 14.3. The molecule has 5 nitrogen and oxygen atoms in total. The van der Waals surface area contributed by atoms with Gasteiger partial charge < -0.3 is 9.97 Å². The fraction of sp³-hybridized carbons (Fsp3) is 0.0370. The van der Waals surface area contributed by atoms with Gasteiger partial charge in [-0.15, -0.1) is 0 Å². The Bertz CT molecular complexity index is 1440. The lowest BCUT2D eigenvalue weighted by molar-refractivity contribution is -0.136. The Morgan fingerprint density at radius 3 is 1.59 bits per heavy atom. The van der Waals surface area contributed by atoms with E-state index in [1.807, 2.05) is 91.3 Å². The lowest BCUT2D eigenvalue weighted by atomic mass is 9.95. The SMILES string of the molecule is O=C1C(c2c[nH]c3ccccc23)=C(c2c[nH]c3ccccc23)C(=O)N1Cc1ccccc1. The van der Waals surface area contributed by atoms with E-state index in [1.165, 1.54) is 4.90 Å². The number of carbonyl (C=O) groups is 2. The Labute approximate surface area is 184 Å². The second-order valence-electron chi connectivity index (χ2n) is 7.93. The molecule has 0 saturated heterocycles. The summed E-state index contributed by atoms with van der Waals surface area (Å²) in [5.41, 5.74) is 5.13. The molecule has 5 heteroatoms. The zero-order valence-corrected chi connectivity index (χ0v) is 17.1. The van der Waals surface area contributed by atoms with Crippen LogP contribution >= 0.6 is 0 Å². The zero-order chi connectivity index (χ0) is 21.7. The van der Waals surface area contributed by atoms with Crippen LogP contribution in [0.4, 0.5) is 0 Å². The third-order valence-electron chi connectivity index (χ3n) is 6.07. The molecule has 1 aliphatic rings. The van der Waals surface area contributed by atoms with E-state index in [0.29, 0.717) is 11.1 Å². The lowest BCUT2D eigenvalue weighted by Gasteiger charge is -2.15. The van der Waals surface area contributed by atoms with Gasteiger partial charge in [0.2, 0.25) is 0 Å². The summed E-state index contributed by atoms with van der Waals surface area (Å²) in [6, 6.07) is 25.2. The number of hydrogen-bond donors (Lipinski definition) is 2. The van der Waals surface area contributed by atoms with Gasteiger partial charge in [0.25, 0.3) is 11.8 Å². The largest absolute Gasteiger partial charge is 0.361 e. The average molecular weight is 417 g/mol. The first-order chi connectivity index (χ1) is 15.7. The molecule has 2 amide bonds. The molecule has 0 saturated carbocycles. The van der Waals surface area contributed by atoms with Crippen molar-refractivity contribution in [2.45, 2.75) is 6.54 Å². The second kappa shape index (κ2) is 7.10. The van der Waals surface area contributed by atoms with Gasteiger partial charge in [-0.2, -0.15) is 0 Å². The Morgan fingerprint density at radius 1 is 0.594 bits per heavy atom. The molecule has 3 heterocycles. The van der Waals surface area contributed by atoms with Crippen molar-refractivity contribution in [1.82, 2.24) is 14.9 Å². The standard InChI is InChI=1S/C27H19N3O2/c31-26-24(20-14-28-22-12-6-4-10-18(20)22)25(21-15-29-23-13-7-5-11-19(21)23)27(32)30(26)16-17-8-2-1-3-9-17/h1-15,28-29H,16H2. The number of fused-ring (bicyclic) bond motifs is 2. The monoisotopic (exact) mass is 417 g/mol. The quantitative estimate of drug-likeness (QED) is 0.398. The van der Waals surface area contributed by atoms with E-state index in [1.54, 1.807) is 0 Å². The van der Waals surface area contributed by atoms with Gasteiger partial charge in [0.15, 0.2) is 0 Å². The first-order valence-corrected chi connectivity index (χ1v) is 10.5. The third kappa shape index (κ3) is 2.72. The van der Waals surface area contributed by atoms with Crippen LogP contribution in [0.25, 0.3) is 33.0 Å². The van der Waals surface area contributed by atoms with E-state index in [0.717, 1.165) is 38.5 Å². The summed E-state index contributed by atoms with van der Waals surface area (Å²) in [5.74, 6) is -0.548. The molecule has 2 N–H and O–H groups in total. The molecule has 2 aromatic heterocycles. The summed E-state index contributed by atoms with van der Waals surface area (Å²) in [4.78, 5) is 35.3. The molecule has 3 aromatic carbocycles. The number of aromatic amines is 2. The Morgan fingerprint density at radius 2 is 1.06 bits per heavy atom. The number of imide groups is 1. The number of nitrogens with zero attached hydrogens (tertiary/aromatic N) is 1. The van der Waals surface area contributed by atoms with E-state index in [9.17, 15) is 9.59 Å². The molecule has 32 heavy (non-hydrogen) atoms. The highest BCUT2D eigenvalue weighted by Crippen LogP contribution is 2.41. The summed E-state index contributed by atoms with van der Waals surface area (Å²) < 4.78 is 0. The summed E-state index contributed by atoms with van der Waals surface area (Å²) in [5, 5.41) is 1.84. The van der Waals surface area contributed by atoms with Crippen molar-refractivity contribution in [3.63, 3.8) is 0 Å². The number of aromatic nitrogens is 2. The molecule has 0 aliphatic carbocycles. The third-order valence-corrected chi connectivity index (χ3v) is 6.07. The topological polar surface area (TPSA) is 69.0 Å². The van der Waals surface area contributed by atoms with E-state index in [-0.39, 0.29) is 18.4 Å². The van der Waals surface area contributed by atoms with Gasteiger partial charge in [0.1, 0.15) is 0 Å². The smallest absolute Gasteiger partial charge is 0.262 e. The van der Waals surface area contributed by atoms with E-state index in [4.69, 9.17) is 0 Å². The van der Waals surface area contributed by atoms with Crippen molar-refractivity contribution in [2.75, 3.05) is 0 Å². The molecule has 6 rings (SSSR count). The predicted molar refractivity (Wildman–Crippen MR) is 125 cm³/mol. The molecule has 1 aliphatic heterocycles. The van der Waals surface area contributed by atoms with Crippen LogP contribution in [-0.4, -0.2) is 26.7 Å². The molecular weight excluding hydrogens is 398 g/mol. The molecule has 0 atom stereocenters. The van der Waals surface area contributed by atoms with Gasteiger partial charge >= 0.3 is 0 Å². The van der Waals surface area contributed by atoms with Crippen LogP contribution in [0.1, 0.15) is 16.7 Å². The van der Waals surface area contributed by atoms with Gasteiger partial charge in [-0.25, -0.2) is 0 Å². The van der Waals surface area contributed by atoms with Crippen LogP contribution in [0.5, 0.6) is 0 Å². The number of hydrogen-bond acceptors (Lipinski definition) is 2.